The molecule has 0 atom stereocenters. The summed E-state index contributed by atoms with van der Waals surface area (Å²) in [6, 6.07) is 0. The van der Waals surface area contributed by atoms with Gasteiger partial charge in [0.2, 0.25) is 5.03 Å². The van der Waals surface area contributed by atoms with Crippen LogP contribution in [-0.4, -0.2) is 16.4 Å². The maximum atomic E-state index is 5.18. The fourth-order valence-electron chi connectivity index (χ4n) is 1.26. The first-order valence-electron chi connectivity index (χ1n) is 3.88. The lowest BCUT2D eigenvalue weighted by Crippen LogP contribution is -2.28. The van der Waals surface area contributed by atoms with Crippen LogP contribution in [0.4, 0.5) is 0 Å². The minimum atomic E-state index is 0.775. The molecule has 68 valence electrons. The summed E-state index contributed by atoms with van der Waals surface area (Å²) in [7, 11) is 1.89. The molecule has 2 aromatic heterocycles. The van der Waals surface area contributed by atoms with Crippen molar-refractivity contribution in [2.24, 2.45) is 7.05 Å². The highest BCUT2D eigenvalue weighted by atomic mass is 32.2. The first-order chi connectivity index (χ1) is 6.24. The van der Waals surface area contributed by atoms with Crippen molar-refractivity contribution in [3.05, 3.63) is 12.0 Å². The Bertz CT molecular complexity index is 452. The molecular formula is C8H10N3OS+. The molecule has 4 nitrogen and oxygen atoms in total. The van der Waals surface area contributed by atoms with Crippen molar-refractivity contribution in [3.8, 4) is 0 Å². The number of rotatable bonds is 1. The summed E-state index contributed by atoms with van der Waals surface area (Å²) in [6.07, 6.45) is 3.73. The van der Waals surface area contributed by atoms with E-state index < -0.39 is 0 Å². The molecule has 0 N–H and O–H groups in total. The van der Waals surface area contributed by atoms with Crippen LogP contribution < -0.4 is 4.57 Å². The van der Waals surface area contributed by atoms with Gasteiger partial charge in [0.05, 0.1) is 12.7 Å². The number of aromatic nitrogens is 3. The molecular weight excluding hydrogens is 186 g/mol. The first-order valence-corrected chi connectivity index (χ1v) is 5.11. The summed E-state index contributed by atoms with van der Waals surface area (Å²) in [5.74, 6) is 0. The maximum Gasteiger partial charge on any atom is 0.327 e. The monoisotopic (exact) mass is 196 g/mol. The summed E-state index contributed by atoms with van der Waals surface area (Å²) in [6.45, 7) is 1.92. The van der Waals surface area contributed by atoms with Gasteiger partial charge in [0, 0.05) is 0 Å². The molecule has 0 amide bonds. The average molecular weight is 196 g/mol. The van der Waals surface area contributed by atoms with Gasteiger partial charge in [-0.2, -0.15) is 4.57 Å². The van der Waals surface area contributed by atoms with Crippen molar-refractivity contribution in [3.63, 3.8) is 0 Å². The van der Waals surface area contributed by atoms with Crippen LogP contribution in [0.5, 0.6) is 0 Å². The van der Waals surface area contributed by atoms with Crippen LogP contribution in [0, 0.1) is 6.92 Å². The third kappa shape index (κ3) is 1.19. The number of hydrogen-bond acceptors (Lipinski definition) is 4. The molecule has 0 aliphatic carbocycles. The normalized spacial score (nSPS) is 11.0. The molecule has 2 rings (SSSR count). The molecule has 13 heavy (non-hydrogen) atoms. The van der Waals surface area contributed by atoms with Gasteiger partial charge in [-0.25, -0.2) is 0 Å². The van der Waals surface area contributed by atoms with Gasteiger partial charge in [0.1, 0.15) is 5.39 Å². The van der Waals surface area contributed by atoms with Crippen LogP contribution in [0.25, 0.3) is 11.1 Å². The minimum absolute atomic E-state index is 0.775. The Labute approximate surface area is 79.9 Å². The van der Waals surface area contributed by atoms with E-state index in [1.165, 1.54) is 0 Å². The van der Waals surface area contributed by atoms with Gasteiger partial charge in [-0.3, -0.25) is 0 Å². The molecule has 0 fully saturated rings. The van der Waals surface area contributed by atoms with E-state index in [-0.39, 0.29) is 0 Å². The zero-order valence-corrected chi connectivity index (χ0v) is 8.55. The Kier molecular flexibility index (Phi) is 1.95. The molecule has 2 aromatic rings. The summed E-state index contributed by atoms with van der Waals surface area (Å²) in [5.41, 5.74) is 1.67. The highest BCUT2D eigenvalue weighted by Crippen LogP contribution is 2.23. The molecule has 0 saturated heterocycles. The zero-order valence-electron chi connectivity index (χ0n) is 7.74. The summed E-state index contributed by atoms with van der Waals surface area (Å²) in [4.78, 5) is 4.28. The second-order valence-corrected chi connectivity index (χ2v) is 3.61. The Balaban J connectivity index is 2.88. The van der Waals surface area contributed by atoms with Crippen molar-refractivity contribution < 1.29 is 9.09 Å². The van der Waals surface area contributed by atoms with Gasteiger partial charge < -0.3 is 4.52 Å². The third-order valence-corrected chi connectivity index (χ3v) is 2.62. The lowest BCUT2D eigenvalue weighted by atomic mass is 10.3. The quantitative estimate of drug-likeness (QED) is 0.389. The van der Waals surface area contributed by atoms with E-state index in [0.29, 0.717) is 0 Å². The Morgan fingerprint density at radius 3 is 3.00 bits per heavy atom. The van der Waals surface area contributed by atoms with E-state index >= 15 is 0 Å². The number of thioether (sulfide) groups is 1. The van der Waals surface area contributed by atoms with E-state index in [1.54, 1.807) is 18.1 Å². The molecule has 0 aromatic carbocycles. The molecule has 0 radical (unpaired) electrons. The van der Waals surface area contributed by atoms with Gasteiger partial charge >= 0.3 is 5.71 Å². The minimum Gasteiger partial charge on any atom is -0.313 e. The fraction of sp³-hybridized carbons (Fsp3) is 0.375. The van der Waals surface area contributed by atoms with Gasteiger partial charge in [0.15, 0.2) is 0 Å². The van der Waals surface area contributed by atoms with Crippen LogP contribution in [0.3, 0.4) is 0 Å². The van der Waals surface area contributed by atoms with Crippen molar-refractivity contribution in [2.75, 3.05) is 6.26 Å². The predicted molar refractivity (Wildman–Crippen MR) is 49.5 cm³/mol. The second kappa shape index (κ2) is 2.99. The van der Waals surface area contributed by atoms with Gasteiger partial charge in [-0.15, -0.1) is 0 Å². The second-order valence-electron chi connectivity index (χ2n) is 2.81. The molecule has 0 aliphatic rings. The van der Waals surface area contributed by atoms with Gasteiger partial charge in [-0.05, 0) is 18.2 Å². The summed E-state index contributed by atoms with van der Waals surface area (Å²) >= 11 is 1.60. The van der Waals surface area contributed by atoms with E-state index in [2.05, 4.69) is 10.1 Å². The van der Waals surface area contributed by atoms with Crippen molar-refractivity contribution in [2.45, 2.75) is 11.9 Å². The molecule has 0 bridgehead atoms. The molecule has 0 saturated carbocycles. The average Bonchev–Trinajstić information content (AvgIpc) is 2.51. The van der Waals surface area contributed by atoms with Crippen LogP contribution >= 0.6 is 11.8 Å². The van der Waals surface area contributed by atoms with Gasteiger partial charge in [0.25, 0.3) is 6.33 Å². The summed E-state index contributed by atoms with van der Waals surface area (Å²) < 4.78 is 7.01. The van der Waals surface area contributed by atoms with E-state index in [9.17, 15) is 0 Å². The highest BCUT2D eigenvalue weighted by molar-refractivity contribution is 7.98. The van der Waals surface area contributed by atoms with Crippen LogP contribution in [0.1, 0.15) is 5.69 Å². The number of nitrogens with zero attached hydrogens (tertiary/aromatic N) is 3. The maximum absolute atomic E-state index is 5.18. The Morgan fingerprint density at radius 1 is 1.54 bits per heavy atom. The van der Waals surface area contributed by atoms with Crippen molar-refractivity contribution in [1.82, 2.24) is 10.1 Å². The summed E-state index contributed by atoms with van der Waals surface area (Å²) in [5, 5.41) is 5.89. The lowest BCUT2D eigenvalue weighted by molar-refractivity contribution is -0.655. The van der Waals surface area contributed by atoms with Crippen molar-refractivity contribution >= 4 is 22.9 Å². The van der Waals surface area contributed by atoms with Crippen molar-refractivity contribution in [1.29, 1.82) is 0 Å². The number of fused-ring (bicyclic) bond motifs is 1. The largest absolute Gasteiger partial charge is 0.327 e. The lowest BCUT2D eigenvalue weighted by Gasteiger charge is -1.91. The predicted octanol–water partition coefficient (Wildman–Crippen LogP) is 1.08. The molecule has 0 aliphatic heterocycles. The topological polar surface area (TPSA) is 42.8 Å². The van der Waals surface area contributed by atoms with E-state index in [4.69, 9.17) is 4.52 Å². The smallest absolute Gasteiger partial charge is 0.313 e. The molecule has 0 unspecified atom stereocenters. The third-order valence-electron chi connectivity index (χ3n) is 1.92. The number of aryl methyl sites for hydroxylation is 2. The van der Waals surface area contributed by atoms with Crippen LogP contribution in [0.2, 0.25) is 0 Å². The van der Waals surface area contributed by atoms with Crippen LogP contribution in [0.15, 0.2) is 15.9 Å². The molecule has 2 heterocycles. The zero-order chi connectivity index (χ0) is 9.42. The standard InChI is InChI=1S/C8H10N3OS/c1-5-6-7(13-3)9-4-11(2)8(6)12-10-5/h4H,1-3H3/q+1. The molecule has 0 spiro atoms. The number of hydrogen-bond donors (Lipinski definition) is 0. The van der Waals surface area contributed by atoms with E-state index in [1.807, 2.05) is 24.8 Å². The molecule has 5 heteroatoms. The SMILES string of the molecule is CSc1nc[n+](C)c2onc(C)c12. The van der Waals surface area contributed by atoms with E-state index in [0.717, 1.165) is 21.8 Å². The van der Waals surface area contributed by atoms with Crippen LogP contribution in [-0.2, 0) is 7.05 Å². The fourth-order valence-corrected chi connectivity index (χ4v) is 1.85. The first kappa shape index (κ1) is 8.50. The Hall–Kier alpha value is -1.10. The van der Waals surface area contributed by atoms with Gasteiger partial charge in [-0.1, -0.05) is 16.9 Å². The Morgan fingerprint density at radius 2 is 2.31 bits per heavy atom. The highest BCUT2D eigenvalue weighted by Gasteiger charge is 2.18.